The zero-order chi connectivity index (χ0) is 59.9. The van der Waals surface area contributed by atoms with E-state index in [9.17, 15) is 19.8 Å². The first kappa shape index (κ1) is 81.6. The number of hydrogen-bond acceptors (Lipinski definition) is 5. The lowest BCUT2D eigenvalue weighted by molar-refractivity contribution is -0.143. The van der Waals surface area contributed by atoms with Crippen molar-refractivity contribution in [1.82, 2.24) is 5.32 Å². The summed E-state index contributed by atoms with van der Waals surface area (Å²) in [5, 5.41) is 23.4. The van der Waals surface area contributed by atoms with Crippen molar-refractivity contribution in [3.8, 4) is 0 Å². The van der Waals surface area contributed by atoms with Gasteiger partial charge in [0.05, 0.1) is 25.4 Å². The largest absolute Gasteiger partial charge is 0.466 e. The Morgan fingerprint density at radius 1 is 0.325 bits per heavy atom. The summed E-state index contributed by atoms with van der Waals surface area (Å²) < 4.78 is 5.49. The normalized spacial score (nSPS) is 12.5. The summed E-state index contributed by atoms with van der Waals surface area (Å²) in [6, 6.07) is -0.538. The maximum atomic E-state index is 12.5. The smallest absolute Gasteiger partial charge is 0.305 e. The van der Waals surface area contributed by atoms with Crippen LogP contribution >= 0.6 is 0 Å². The van der Waals surface area contributed by atoms with Crippen molar-refractivity contribution in [2.24, 2.45) is 0 Å². The van der Waals surface area contributed by atoms with Gasteiger partial charge in [0.25, 0.3) is 0 Å². The van der Waals surface area contributed by atoms with Gasteiger partial charge in [-0.15, -0.1) is 0 Å². The lowest BCUT2D eigenvalue weighted by Crippen LogP contribution is -2.45. The van der Waals surface area contributed by atoms with Gasteiger partial charge in [-0.05, 0) is 51.4 Å². The van der Waals surface area contributed by atoms with Gasteiger partial charge in [0.15, 0.2) is 0 Å². The van der Waals surface area contributed by atoms with Gasteiger partial charge < -0.3 is 20.3 Å². The van der Waals surface area contributed by atoms with Gasteiger partial charge in [-0.3, -0.25) is 9.59 Å². The molecule has 0 fully saturated rings. The second-order valence-electron chi connectivity index (χ2n) is 26.7. The Morgan fingerprint density at radius 2 is 0.566 bits per heavy atom. The number of ether oxygens (including phenoxy) is 1. The molecule has 0 saturated heterocycles. The number of carbonyl (C=O) groups is 2. The highest BCUT2D eigenvalue weighted by Crippen LogP contribution is 2.20. The zero-order valence-electron chi connectivity index (χ0n) is 56.7. The molecule has 0 aromatic heterocycles. The minimum atomic E-state index is -0.661. The number of allylic oxidation sites excluding steroid dienone is 2. The third-order valence-corrected chi connectivity index (χ3v) is 18.3. The van der Waals surface area contributed by atoms with Gasteiger partial charge >= 0.3 is 5.97 Å². The van der Waals surface area contributed by atoms with Gasteiger partial charge in [0.1, 0.15) is 0 Å². The van der Waals surface area contributed by atoms with Crippen molar-refractivity contribution in [1.29, 1.82) is 0 Å². The fourth-order valence-corrected chi connectivity index (χ4v) is 12.5. The van der Waals surface area contributed by atoms with Crippen LogP contribution in [0.5, 0.6) is 0 Å². The van der Waals surface area contributed by atoms with Crippen molar-refractivity contribution in [2.45, 2.75) is 456 Å². The molecule has 83 heavy (non-hydrogen) atoms. The van der Waals surface area contributed by atoms with E-state index in [2.05, 4.69) is 31.3 Å². The molecule has 0 bridgehead atoms. The van der Waals surface area contributed by atoms with E-state index in [1.165, 1.54) is 372 Å². The predicted octanol–water partition coefficient (Wildman–Crippen LogP) is 25.1. The molecular weight excluding hydrogens is 1020 g/mol. The Hall–Kier alpha value is -1.40. The molecule has 0 aromatic rings. The number of nitrogens with one attached hydrogen (secondary N) is 1. The number of rotatable bonds is 73. The number of unbranched alkanes of at least 4 members (excludes halogenated alkanes) is 60. The SMILES string of the molecule is CCCCCCCCCCCCCCCCCCCC(O)C(CO)NC(=O)CCCCCCCCCCCCCCCCCCC/C=C\CCCCCCCCCCCCCCCCCCOC(=O)CCCCCCCCCCCCCC. The predicted molar refractivity (Wildman–Crippen MR) is 366 cm³/mol. The molecule has 0 saturated carbocycles. The molecule has 3 N–H and O–H groups in total. The minimum Gasteiger partial charge on any atom is -0.466 e. The first-order valence-electron chi connectivity index (χ1n) is 38.4. The lowest BCUT2D eigenvalue weighted by Gasteiger charge is -2.22. The highest BCUT2D eigenvalue weighted by Gasteiger charge is 2.20. The molecule has 0 aliphatic heterocycles. The molecule has 0 spiro atoms. The molecule has 1 amide bonds. The summed E-state index contributed by atoms with van der Waals surface area (Å²) in [6.45, 7) is 5.00. The maximum Gasteiger partial charge on any atom is 0.305 e. The zero-order valence-corrected chi connectivity index (χ0v) is 56.7. The molecule has 2 unspecified atom stereocenters. The first-order chi connectivity index (χ1) is 41.0. The molecule has 0 heterocycles. The first-order valence-corrected chi connectivity index (χ1v) is 38.4. The van der Waals surface area contributed by atoms with Crippen LogP contribution in [0.25, 0.3) is 0 Å². The highest BCUT2D eigenvalue weighted by atomic mass is 16.5. The summed E-state index contributed by atoms with van der Waals surface area (Å²) in [4.78, 5) is 24.6. The molecular formula is C77H151NO5. The Labute approximate surface area is 520 Å². The Morgan fingerprint density at radius 3 is 0.855 bits per heavy atom. The maximum absolute atomic E-state index is 12.5. The standard InChI is InChI=1S/C77H151NO5/c1-3-5-7-9-11-13-15-17-18-40-43-46-49-53-57-61-65-69-75(80)74(73-79)78-76(81)70-66-62-58-54-50-47-44-41-38-36-34-32-30-28-26-24-22-20-19-21-23-25-27-29-31-33-35-37-39-42-45-48-52-56-60-64-68-72-83-77(82)71-67-63-59-55-51-16-14-12-10-8-6-4-2/h19,21,74-75,79-80H,3-18,20,22-73H2,1-2H3,(H,78,81)/b21-19-. The van der Waals surface area contributed by atoms with Crippen molar-refractivity contribution < 1.29 is 24.5 Å². The van der Waals surface area contributed by atoms with Crippen LogP contribution in [0.1, 0.15) is 444 Å². The summed E-state index contributed by atoms with van der Waals surface area (Å²) in [5.74, 6) is -0.00338. The van der Waals surface area contributed by atoms with Gasteiger partial charge in [0.2, 0.25) is 5.91 Å². The van der Waals surface area contributed by atoms with E-state index < -0.39 is 12.1 Å². The number of esters is 1. The van der Waals surface area contributed by atoms with Crippen molar-refractivity contribution in [3.63, 3.8) is 0 Å². The average molecular weight is 1170 g/mol. The Balaban J connectivity index is 3.32. The second kappa shape index (κ2) is 73.1. The molecule has 0 radical (unpaired) electrons. The summed E-state index contributed by atoms with van der Waals surface area (Å²) in [7, 11) is 0. The van der Waals surface area contributed by atoms with Gasteiger partial charge in [-0.2, -0.15) is 0 Å². The minimum absolute atomic E-state index is 0.0231. The highest BCUT2D eigenvalue weighted by molar-refractivity contribution is 5.76. The fourth-order valence-electron chi connectivity index (χ4n) is 12.5. The van der Waals surface area contributed by atoms with Crippen LogP contribution in [0, 0.1) is 0 Å². The quantitative estimate of drug-likeness (QED) is 0.0320. The van der Waals surface area contributed by atoms with E-state index in [0.717, 1.165) is 38.5 Å². The third kappa shape index (κ3) is 69.6. The number of carbonyl (C=O) groups excluding carboxylic acids is 2. The molecule has 6 heteroatoms. The van der Waals surface area contributed by atoms with Gasteiger partial charge in [0, 0.05) is 12.8 Å². The van der Waals surface area contributed by atoms with Crippen LogP contribution in [0.4, 0.5) is 0 Å². The van der Waals surface area contributed by atoms with Crippen LogP contribution < -0.4 is 5.32 Å². The monoisotopic (exact) mass is 1170 g/mol. The van der Waals surface area contributed by atoms with E-state index >= 15 is 0 Å². The van der Waals surface area contributed by atoms with Crippen LogP contribution in [0.3, 0.4) is 0 Å². The molecule has 2 atom stereocenters. The summed E-state index contributed by atoms with van der Waals surface area (Å²) in [6.07, 6.45) is 91.6. The van der Waals surface area contributed by atoms with Crippen molar-refractivity contribution >= 4 is 11.9 Å². The number of amides is 1. The van der Waals surface area contributed by atoms with E-state index in [1.807, 2.05) is 0 Å². The van der Waals surface area contributed by atoms with Crippen molar-refractivity contribution in [3.05, 3.63) is 12.2 Å². The van der Waals surface area contributed by atoms with Gasteiger partial charge in [-0.25, -0.2) is 0 Å². The summed E-state index contributed by atoms with van der Waals surface area (Å²) >= 11 is 0. The number of aliphatic hydroxyl groups excluding tert-OH is 2. The Bertz CT molecular complexity index is 1260. The molecule has 6 nitrogen and oxygen atoms in total. The number of aliphatic hydroxyl groups is 2. The van der Waals surface area contributed by atoms with Crippen LogP contribution in [0.15, 0.2) is 12.2 Å². The second-order valence-corrected chi connectivity index (χ2v) is 26.7. The van der Waals surface area contributed by atoms with E-state index in [0.29, 0.717) is 25.9 Å². The third-order valence-electron chi connectivity index (χ3n) is 18.3. The lowest BCUT2D eigenvalue weighted by atomic mass is 10.0. The van der Waals surface area contributed by atoms with Crippen molar-refractivity contribution in [2.75, 3.05) is 13.2 Å². The molecule has 494 valence electrons. The van der Waals surface area contributed by atoms with E-state index in [4.69, 9.17) is 4.74 Å². The molecule has 0 aliphatic carbocycles. The van der Waals surface area contributed by atoms with E-state index in [1.54, 1.807) is 0 Å². The molecule has 0 rings (SSSR count). The van der Waals surface area contributed by atoms with Crippen LogP contribution in [-0.2, 0) is 14.3 Å². The van der Waals surface area contributed by atoms with Gasteiger partial charge in [-0.1, -0.05) is 392 Å². The Kier molecular flexibility index (Phi) is 71.8. The van der Waals surface area contributed by atoms with Crippen LogP contribution in [-0.4, -0.2) is 47.4 Å². The summed E-state index contributed by atoms with van der Waals surface area (Å²) in [5.41, 5.74) is 0. The molecule has 0 aliphatic rings. The number of hydrogen-bond donors (Lipinski definition) is 3. The van der Waals surface area contributed by atoms with E-state index in [-0.39, 0.29) is 18.5 Å². The van der Waals surface area contributed by atoms with Crippen LogP contribution in [0.2, 0.25) is 0 Å². The average Bonchev–Trinajstić information content (AvgIpc) is 3.49. The topological polar surface area (TPSA) is 95.9 Å². The fraction of sp³-hybridized carbons (Fsp3) is 0.948. The molecule has 0 aromatic carbocycles.